The molecule has 0 aliphatic carbocycles. The van der Waals surface area contributed by atoms with Crippen molar-refractivity contribution in [3.05, 3.63) is 47.4 Å². The minimum atomic E-state index is 0.0748. The van der Waals surface area contributed by atoms with E-state index >= 15 is 0 Å². The van der Waals surface area contributed by atoms with Crippen molar-refractivity contribution in [1.82, 2.24) is 20.0 Å². The topological polar surface area (TPSA) is 75.4 Å². The lowest BCUT2D eigenvalue weighted by Crippen LogP contribution is -2.31. The number of carbonyl (C=O) groups excluding carboxylic acids is 1. The van der Waals surface area contributed by atoms with Crippen molar-refractivity contribution in [2.24, 2.45) is 0 Å². The molecule has 1 saturated heterocycles. The first kappa shape index (κ1) is 19.4. The van der Waals surface area contributed by atoms with Gasteiger partial charge >= 0.3 is 0 Å². The molecule has 1 aliphatic heterocycles. The number of aryl methyl sites for hydroxylation is 2. The number of nitrogens with zero attached hydrogens (tertiary/aromatic N) is 5. The van der Waals surface area contributed by atoms with E-state index < -0.39 is 0 Å². The van der Waals surface area contributed by atoms with Crippen molar-refractivity contribution in [3.63, 3.8) is 0 Å². The minimum absolute atomic E-state index is 0.0748. The van der Waals surface area contributed by atoms with Crippen molar-refractivity contribution in [3.8, 4) is 0 Å². The van der Waals surface area contributed by atoms with Gasteiger partial charge in [0, 0.05) is 39.5 Å². The zero-order valence-corrected chi connectivity index (χ0v) is 17.1. The summed E-state index contributed by atoms with van der Waals surface area (Å²) in [5.74, 6) is 1.61. The van der Waals surface area contributed by atoms with Gasteiger partial charge in [-0.25, -0.2) is 4.98 Å². The average Bonchev–Trinajstić information content (AvgIpc) is 3.13. The number of rotatable bonds is 6. The first-order valence-corrected chi connectivity index (χ1v) is 10.3. The van der Waals surface area contributed by atoms with Crippen molar-refractivity contribution in [2.75, 3.05) is 25.0 Å². The first-order chi connectivity index (χ1) is 14.1. The van der Waals surface area contributed by atoms with Crippen LogP contribution in [-0.2, 0) is 17.8 Å². The number of piperidine rings is 1. The number of carbonyl (C=O) groups is 1. The van der Waals surface area contributed by atoms with Gasteiger partial charge in [0.25, 0.3) is 5.71 Å². The number of amides is 1. The number of fused-ring (bicyclic) bond motifs is 1. The van der Waals surface area contributed by atoms with Gasteiger partial charge in [0.1, 0.15) is 17.0 Å². The predicted molar refractivity (Wildman–Crippen MR) is 112 cm³/mol. The number of hydrogen-bond acceptors (Lipinski definition) is 6. The molecule has 0 saturated carbocycles. The molecule has 1 aromatic carbocycles. The maximum atomic E-state index is 12.6. The van der Waals surface area contributed by atoms with Crippen LogP contribution in [0.5, 0.6) is 0 Å². The van der Waals surface area contributed by atoms with E-state index in [2.05, 4.69) is 15.0 Å². The number of hydrogen-bond donors (Lipinski definition) is 0. The van der Waals surface area contributed by atoms with Gasteiger partial charge in [-0.1, -0.05) is 35.5 Å². The summed E-state index contributed by atoms with van der Waals surface area (Å²) in [6, 6.07) is 10.00. The summed E-state index contributed by atoms with van der Waals surface area (Å²) in [5, 5.41) is 4.98. The molecule has 3 aromatic rings. The van der Waals surface area contributed by atoms with E-state index in [1.165, 1.54) is 6.42 Å². The Balaban J connectivity index is 1.48. The van der Waals surface area contributed by atoms with E-state index in [0.717, 1.165) is 48.4 Å². The van der Waals surface area contributed by atoms with Crippen LogP contribution in [0.4, 0.5) is 5.82 Å². The molecular weight excluding hydrogens is 366 g/mol. The highest BCUT2D eigenvalue weighted by Crippen LogP contribution is 2.29. The summed E-state index contributed by atoms with van der Waals surface area (Å²) in [4.78, 5) is 26.0. The summed E-state index contributed by atoms with van der Waals surface area (Å²) >= 11 is 0. The molecule has 1 amide bonds. The van der Waals surface area contributed by atoms with Crippen molar-refractivity contribution in [2.45, 2.75) is 45.6 Å². The molecule has 3 heterocycles. The summed E-state index contributed by atoms with van der Waals surface area (Å²) in [6.07, 6.45) is 4.42. The molecule has 0 N–H and O–H groups in total. The Labute approximate surface area is 170 Å². The Kier molecular flexibility index (Phi) is 5.74. The van der Waals surface area contributed by atoms with E-state index in [0.29, 0.717) is 30.9 Å². The molecule has 4 rings (SSSR count). The molecule has 0 atom stereocenters. The van der Waals surface area contributed by atoms with Crippen molar-refractivity contribution >= 4 is 22.8 Å². The molecule has 2 aromatic heterocycles. The lowest BCUT2D eigenvalue weighted by Gasteiger charge is -2.28. The zero-order valence-electron chi connectivity index (χ0n) is 17.1. The van der Waals surface area contributed by atoms with Gasteiger partial charge in [0.15, 0.2) is 0 Å². The van der Waals surface area contributed by atoms with Crippen LogP contribution in [0.15, 0.2) is 34.9 Å². The molecular formula is C22H27N5O2. The average molecular weight is 393 g/mol. The van der Waals surface area contributed by atoms with Gasteiger partial charge in [-0.05, 0) is 31.7 Å². The highest BCUT2D eigenvalue weighted by Gasteiger charge is 2.22. The van der Waals surface area contributed by atoms with Gasteiger partial charge < -0.3 is 14.3 Å². The lowest BCUT2D eigenvalue weighted by molar-refractivity contribution is -0.130. The van der Waals surface area contributed by atoms with Crippen LogP contribution in [-0.4, -0.2) is 46.1 Å². The van der Waals surface area contributed by atoms with Crippen molar-refractivity contribution in [1.29, 1.82) is 0 Å². The van der Waals surface area contributed by atoms with Crippen LogP contribution in [0.2, 0.25) is 0 Å². The summed E-state index contributed by atoms with van der Waals surface area (Å²) in [6.45, 7) is 4.48. The van der Waals surface area contributed by atoms with Crippen molar-refractivity contribution < 1.29 is 9.32 Å². The highest BCUT2D eigenvalue weighted by molar-refractivity contribution is 5.88. The van der Waals surface area contributed by atoms with Crippen LogP contribution in [0.25, 0.3) is 11.1 Å². The Bertz CT molecular complexity index is 980. The third-order valence-corrected chi connectivity index (χ3v) is 5.44. The summed E-state index contributed by atoms with van der Waals surface area (Å²) in [5.41, 5.74) is 2.44. The van der Waals surface area contributed by atoms with Crippen LogP contribution in [0, 0.1) is 6.92 Å². The molecule has 0 radical (unpaired) electrons. The maximum Gasteiger partial charge on any atom is 0.263 e. The Hall–Kier alpha value is -2.96. The SMILES string of the molecule is Cc1noc2nc(CCC(=O)N(C)Cc3ccccc3)nc(N3CCCCC3)c12. The fourth-order valence-electron chi connectivity index (χ4n) is 3.81. The van der Waals surface area contributed by atoms with Crippen LogP contribution in [0.1, 0.15) is 42.8 Å². The standard InChI is InChI=1S/C22H27N5O2/c1-16-20-21(27-13-7-4-8-14-27)23-18(24-22(20)29-25-16)11-12-19(28)26(2)15-17-9-5-3-6-10-17/h3,5-6,9-10H,4,7-8,11-15H2,1-2H3. The monoisotopic (exact) mass is 393 g/mol. The van der Waals surface area contributed by atoms with Crippen LogP contribution < -0.4 is 4.90 Å². The first-order valence-electron chi connectivity index (χ1n) is 10.3. The van der Waals surface area contributed by atoms with Gasteiger partial charge in [-0.15, -0.1) is 0 Å². The second-order valence-electron chi connectivity index (χ2n) is 7.69. The smallest absolute Gasteiger partial charge is 0.263 e. The van der Waals surface area contributed by atoms with E-state index in [-0.39, 0.29) is 5.91 Å². The highest BCUT2D eigenvalue weighted by atomic mass is 16.5. The fourth-order valence-corrected chi connectivity index (χ4v) is 3.81. The molecule has 0 bridgehead atoms. The van der Waals surface area contributed by atoms with Gasteiger partial charge in [0.05, 0.1) is 5.69 Å². The normalized spacial score (nSPS) is 14.3. The molecule has 1 fully saturated rings. The second-order valence-corrected chi connectivity index (χ2v) is 7.69. The predicted octanol–water partition coefficient (Wildman–Crippen LogP) is 3.51. The summed E-state index contributed by atoms with van der Waals surface area (Å²) in [7, 11) is 1.83. The van der Waals surface area contributed by atoms with Gasteiger partial charge in [0.2, 0.25) is 5.91 Å². The van der Waals surface area contributed by atoms with Crippen LogP contribution >= 0.6 is 0 Å². The Morgan fingerprint density at radius 2 is 1.90 bits per heavy atom. The quantitative estimate of drug-likeness (QED) is 0.638. The third kappa shape index (κ3) is 4.39. The van der Waals surface area contributed by atoms with Gasteiger partial charge in [-0.2, -0.15) is 4.98 Å². The molecule has 0 unspecified atom stereocenters. The third-order valence-electron chi connectivity index (χ3n) is 5.44. The fraction of sp³-hybridized carbons (Fsp3) is 0.455. The minimum Gasteiger partial charge on any atom is -0.356 e. The van der Waals surface area contributed by atoms with E-state index in [4.69, 9.17) is 9.51 Å². The molecule has 0 spiro atoms. The van der Waals surface area contributed by atoms with Crippen LogP contribution in [0.3, 0.4) is 0 Å². The number of benzene rings is 1. The molecule has 7 nitrogen and oxygen atoms in total. The largest absolute Gasteiger partial charge is 0.356 e. The maximum absolute atomic E-state index is 12.6. The van der Waals surface area contributed by atoms with E-state index in [9.17, 15) is 4.79 Å². The van der Waals surface area contributed by atoms with E-state index in [1.54, 1.807) is 4.90 Å². The molecule has 152 valence electrons. The number of anilines is 1. The molecule has 7 heteroatoms. The zero-order chi connectivity index (χ0) is 20.2. The number of aromatic nitrogens is 3. The van der Waals surface area contributed by atoms with Gasteiger partial charge in [-0.3, -0.25) is 4.79 Å². The molecule has 1 aliphatic rings. The Morgan fingerprint density at radius 3 is 2.66 bits per heavy atom. The Morgan fingerprint density at radius 1 is 1.14 bits per heavy atom. The molecule has 29 heavy (non-hydrogen) atoms. The summed E-state index contributed by atoms with van der Waals surface area (Å²) < 4.78 is 5.43. The lowest BCUT2D eigenvalue weighted by atomic mass is 10.1. The van der Waals surface area contributed by atoms with E-state index in [1.807, 2.05) is 44.3 Å². The second kappa shape index (κ2) is 8.59.